The molecule has 2 fully saturated rings. The summed E-state index contributed by atoms with van der Waals surface area (Å²) in [4.78, 5) is 2.29. The average Bonchev–Trinajstić information content (AvgIpc) is 2.56. The number of alkyl halides is 1. The molecule has 2 nitrogen and oxygen atoms in total. The van der Waals surface area contributed by atoms with Crippen molar-refractivity contribution in [2.75, 3.05) is 19.7 Å². The van der Waals surface area contributed by atoms with Gasteiger partial charge >= 0.3 is 0 Å². The average molecular weight is 201 g/mol. The fraction of sp³-hybridized carbons (Fsp3) is 1.00. The molecule has 2 aliphatic rings. The van der Waals surface area contributed by atoms with Crippen LogP contribution < -0.4 is 0 Å². The topological polar surface area (TPSA) is 12.5 Å². The molecule has 2 atom stereocenters. The Kier molecular flexibility index (Phi) is 2.80. The van der Waals surface area contributed by atoms with E-state index in [1.54, 1.807) is 0 Å². The van der Waals surface area contributed by atoms with E-state index in [2.05, 4.69) is 4.90 Å². The highest BCUT2D eigenvalue weighted by Gasteiger charge is 2.48. The van der Waals surface area contributed by atoms with Crippen LogP contribution in [-0.4, -0.2) is 42.4 Å². The molecule has 0 aromatic carbocycles. The van der Waals surface area contributed by atoms with Crippen molar-refractivity contribution in [2.45, 2.75) is 50.9 Å². The number of nitrogens with zero attached hydrogens (tertiary/aromatic N) is 1. The van der Waals surface area contributed by atoms with Gasteiger partial charge in [0.2, 0.25) is 0 Å². The zero-order chi connectivity index (χ0) is 10.2. The van der Waals surface area contributed by atoms with E-state index >= 15 is 0 Å². The summed E-state index contributed by atoms with van der Waals surface area (Å²) in [6.07, 6.45) is 2.62. The fourth-order valence-corrected chi connectivity index (χ4v) is 2.77. The molecule has 2 rings (SSSR count). The first-order chi connectivity index (χ1) is 6.62. The van der Waals surface area contributed by atoms with Gasteiger partial charge in [-0.15, -0.1) is 0 Å². The van der Waals surface area contributed by atoms with Crippen LogP contribution in [0.1, 0.15) is 33.1 Å². The van der Waals surface area contributed by atoms with Crippen molar-refractivity contribution in [1.82, 2.24) is 4.90 Å². The molecule has 0 bridgehead atoms. The second-order valence-electron chi connectivity index (χ2n) is 4.94. The summed E-state index contributed by atoms with van der Waals surface area (Å²) in [5.74, 6) is 0. The Morgan fingerprint density at radius 2 is 2.36 bits per heavy atom. The predicted octanol–water partition coefficient (Wildman–Crippen LogP) is 1.99. The Morgan fingerprint density at radius 1 is 1.57 bits per heavy atom. The van der Waals surface area contributed by atoms with Crippen molar-refractivity contribution in [2.24, 2.45) is 0 Å². The molecule has 0 radical (unpaired) electrons. The lowest BCUT2D eigenvalue weighted by atomic mass is 9.95. The van der Waals surface area contributed by atoms with Gasteiger partial charge in [-0.2, -0.15) is 0 Å². The maximum Gasteiger partial charge on any atom is 0.115 e. The highest BCUT2D eigenvalue weighted by atomic mass is 19.1. The molecule has 0 aromatic heterocycles. The van der Waals surface area contributed by atoms with Crippen molar-refractivity contribution in [3.63, 3.8) is 0 Å². The smallest absolute Gasteiger partial charge is 0.115 e. The Labute approximate surface area is 85.4 Å². The van der Waals surface area contributed by atoms with E-state index < -0.39 is 6.17 Å². The van der Waals surface area contributed by atoms with Crippen LogP contribution >= 0.6 is 0 Å². The molecule has 0 aliphatic carbocycles. The lowest BCUT2D eigenvalue weighted by Gasteiger charge is -2.32. The number of fused-ring (bicyclic) bond motifs is 1. The number of hydrogen-bond donors (Lipinski definition) is 0. The molecular formula is C11H20FNO. The summed E-state index contributed by atoms with van der Waals surface area (Å²) in [5.41, 5.74) is 0.0453. The molecule has 82 valence electrons. The monoisotopic (exact) mass is 201 g/mol. The molecule has 0 unspecified atom stereocenters. The zero-order valence-electron chi connectivity index (χ0n) is 9.13. The summed E-state index contributed by atoms with van der Waals surface area (Å²) in [6.45, 7) is 6.48. The van der Waals surface area contributed by atoms with Crippen molar-refractivity contribution in [3.8, 4) is 0 Å². The van der Waals surface area contributed by atoms with Crippen molar-refractivity contribution < 1.29 is 9.13 Å². The Bertz CT molecular complexity index is 209. The molecule has 0 spiro atoms. The van der Waals surface area contributed by atoms with Crippen LogP contribution in [0.2, 0.25) is 0 Å². The maximum atomic E-state index is 13.3. The van der Waals surface area contributed by atoms with Gasteiger partial charge in [0.15, 0.2) is 0 Å². The minimum Gasteiger partial charge on any atom is -0.377 e. The summed E-state index contributed by atoms with van der Waals surface area (Å²) in [5, 5.41) is 0. The van der Waals surface area contributed by atoms with Crippen LogP contribution in [0.25, 0.3) is 0 Å². The van der Waals surface area contributed by atoms with E-state index in [0.29, 0.717) is 19.6 Å². The largest absolute Gasteiger partial charge is 0.377 e. The van der Waals surface area contributed by atoms with Crippen LogP contribution in [0.4, 0.5) is 4.39 Å². The molecule has 14 heavy (non-hydrogen) atoms. The molecule has 0 N–H and O–H groups in total. The number of hydrogen-bond acceptors (Lipinski definition) is 2. The van der Waals surface area contributed by atoms with E-state index in [0.717, 1.165) is 13.0 Å². The van der Waals surface area contributed by atoms with Gasteiger partial charge in [0, 0.05) is 18.5 Å². The summed E-state index contributed by atoms with van der Waals surface area (Å²) in [6, 6.07) is 0. The van der Waals surface area contributed by atoms with Gasteiger partial charge < -0.3 is 4.74 Å². The van der Waals surface area contributed by atoms with Crippen molar-refractivity contribution in [1.29, 1.82) is 0 Å². The molecule has 0 aromatic rings. The van der Waals surface area contributed by atoms with Gasteiger partial charge in [0.25, 0.3) is 0 Å². The summed E-state index contributed by atoms with van der Waals surface area (Å²) >= 11 is 0. The Hall–Kier alpha value is -0.150. The SMILES string of the molecule is CC(C)OC[C@@]12CCCN1C[C@@H](F)C2. The van der Waals surface area contributed by atoms with E-state index in [1.807, 2.05) is 13.8 Å². The molecule has 2 aliphatic heterocycles. The van der Waals surface area contributed by atoms with E-state index in [4.69, 9.17) is 4.74 Å². The second-order valence-corrected chi connectivity index (χ2v) is 4.94. The van der Waals surface area contributed by atoms with Gasteiger partial charge in [0.1, 0.15) is 6.17 Å². The highest BCUT2D eigenvalue weighted by molar-refractivity contribution is 5.03. The number of ether oxygens (including phenoxy) is 1. The first-order valence-corrected chi connectivity index (χ1v) is 5.63. The fourth-order valence-electron chi connectivity index (χ4n) is 2.77. The van der Waals surface area contributed by atoms with Gasteiger partial charge in [-0.3, -0.25) is 4.90 Å². The maximum absolute atomic E-state index is 13.3. The van der Waals surface area contributed by atoms with Crippen LogP contribution in [0.3, 0.4) is 0 Å². The van der Waals surface area contributed by atoms with Gasteiger partial charge in [-0.05, 0) is 33.2 Å². The number of rotatable bonds is 3. The Balaban J connectivity index is 1.98. The second kappa shape index (κ2) is 3.78. The lowest BCUT2D eigenvalue weighted by molar-refractivity contribution is 0.00276. The highest BCUT2D eigenvalue weighted by Crippen LogP contribution is 2.40. The van der Waals surface area contributed by atoms with E-state index in [9.17, 15) is 4.39 Å². The first-order valence-electron chi connectivity index (χ1n) is 5.63. The molecule has 2 heterocycles. The predicted molar refractivity (Wildman–Crippen MR) is 54.1 cm³/mol. The molecule has 0 saturated carbocycles. The third-order valence-electron chi connectivity index (χ3n) is 3.45. The van der Waals surface area contributed by atoms with Gasteiger partial charge in [0.05, 0.1) is 12.7 Å². The van der Waals surface area contributed by atoms with Crippen LogP contribution in [0, 0.1) is 0 Å². The van der Waals surface area contributed by atoms with Crippen LogP contribution in [-0.2, 0) is 4.74 Å². The standard InChI is InChI=1S/C11H20FNO/c1-9(2)14-8-11-4-3-5-13(11)7-10(12)6-11/h9-10H,3-8H2,1-2H3/t10-,11-/m0/s1. The van der Waals surface area contributed by atoms with Crippen LogP contribution in [0.5, 0.6) is 0 Å². The normalized spacial score (nSPS) is 38.1. The van der Waals surface area contributed by atoms with Gasteiger partial charge in [-0.25, -0.2) is 4.39 Å². The van der Waals surface area contributed by atoms with Crippen molar-refractivity contribution in [3.05, 3.63) is 0 Å². The zero-order valence-corrected chi connectivity index (χ0v) is 9.13. The molecule has 0 amide bonds. The Morgan fingerprint density at radius 3 is 3.07 bits per heavy atom. The van der Waals surface area contributed by atoms with E-state index in [-0.39, 0.29) is 11.6 Å². The summed E-state index contributed by atoms with van der Waals surface area (Å²) < 4.78 is 19.0. The van der Waals surface area contributed by atoms with E-state index in [1.165, 1.54) is 6.42 Å². The summed E-state index contributed by atoms with van der Waals surface area (Å²) in [7, 11) is 0. The first kappa shape index (κ1) is 10.4. The molecule has 3 heteroatoms. The van der Waals surface area contributed by atoms with Crippen LogP contribution in [0.15, 0.2) is 0 Å². The quantitative estimate of drug-likeness (QED) is 0.692. The third kappa shape index (κ3) is 1.80. The molecular weight excluding hydrogens is 181 g/mol. The van der Waals surface area contributed by atoms with Gasteiger partial charge in [-0.1, -0.05) is 0 Å². The lowest BCUT2D eigenvalue weighted by Crippen LogP contribution is -2.43. The minimum absolute atomic E-state index is 0.0453. The third-order valence-corrected chi connectivity index (χ3v) is 3.45. The molecule has 2 saturated heterocycles. The number of halogens is 1. The minimum atomic E-state index is -0.633. The van der Waals surface area contributed by atoms with Crippen molar-refractivity contribution >= 4 is 0 Å².